The number of phenolic OH excluding ortho intramolecular Hbond substituents is 2. The molecule has 15 heteroatoms. The van der Waals surface area contributed by atoms with Crippen LogP contribution in [0.2, 0.25) is 0 Å². The number of benzene rings is 2. The number of aliphatic hydroxyl groups is 1. The number of ketones is 2. The number of rotatable bonds is 4. The smallest absolute Gasteiger partial charge is 0.471 e. The second-order valence-electron chi connectivity index (χ2n) is 10.1. The Hall–Kier alpha value is -4.21. The van der Waals surface area contributed by atoms with Gasteiger partial charge < -0.3 is 40.1 Å². The van der Waals surface area contributed by atoms with Gasteiger partial charge in [0.15, 0.2) is 12.1 Å². The molecule has 5 rings (SSSR count). The molecule has 5 atom stereocenters. The maximum absolute atomic E-state index is 13.6. The molecule has 0 bridgehead atoms. The van der Waals surface area contributed by atoms with Crippen molar-refractivity contribution in [3.05, 3.63) is 51.6 Å². The van der Waals surface area contributed by atoms with Crippen molar-refractivity contribution in [2.24, 2.45) is 5.16 Å². The first kappa shape index (κ1) is 29.3. The van der Waals surface area contributed by atoms with E-state index in [4.69, 9.17) is 14.2 Å². The van der Waals surface area contributed by atoms with Gasteiger partial charge in [0.2, 0.25) is 5.78 Å². The minimum atomic E-state index is -5.21. The van der Waals surface area contributed by atoms with Crippen LogP contribution in [0.15, 0.2) is 23.4 Å². The molecule has 5 N–H and O–H groups in total. The van der Waals surface area contributed by atoms with Crippen LogP contribution >= 0.6 is 0 Å². The normalized spacial score (nSPS) is 26.3. The van der Waals surface area contributed by atoms with Gasteiger partial charge in [0.05, 0.1) is 47.8 Å². The number of aromatic hydroxyl groups is 2. The number of fused-ring (bicyclic) bond motifs is 3. The number of alkyl halides is 3. The largest absolute Gasteiger partial charge is 0.507 e. The highest BCUT2D eigenvalue weighted by Gasteiger charge is 2.46. The van der Waals surface area contributed by atoms with E-state index in [1.165, 1.54) is 32.2 Å². The average Bonchev–Trinajstić information content (AvgIpc) is 2.94. The lowest BCUT2D eigenvalue weighted by Crippen LogP contribution is -2.57. The number of methoxy groups -OCH3 is 1. The first-order chi connectivity index (χ1) is 19.8. The van der Waals surface area contributed by atoms with Gasteiger partial charge in [-0.15, -0.1) is 0 Å². The molecule has 1 saturated heterocycles. The van der Waals surface area contributed by atoms with Crippen molar-refractivity contribution in [1.29, 1.82) is 0 Å². The van der Waals surface area contributed by atoms with Crippen LogP contribution in [0.3, 0.4) is 0 Å². The Morgan fingerprint density at radius 1 is 1.12 bits per heavy atom. The summed E-state index contributed by atoms with van der Waals surface area (Å²) in [6, 6.07) is 2.86. The predicted molar refractivity (Wildman–Crippen MR) is 134 cm³/mol. The third-order valence-electron chi connectivity index (χ3n) is 7.62. The second kappa shape index (κ2) is 10.6. The number of aliphatic hydroxyl groups excluding tert-OH is 1. The van der Waals surface area contributed by atoms with E-state index in [9.17, 15) is 48.1 Å². The summed E-state index contributed by atoms with van der Waals surface area (Å²) in [5.41, 5.74) is -1.31. The van der Waals surface area contributed by atoms with Crippen LogP contribution in [-0.4, -0.2) is 81.5 Å². The summed E-state index contributed by atoms with van der Waals surface area (Å²) in [6.07, 6.45) is -11.4. The third kappa shape index (κ3) is 4.72. The van der Waals surface area contributed by atoms with E-state index >= 15 is 0 Å². The van der Waals surface area contributed by atoms with Gasteiger partial charge in [0.25, 0.3) is 0 Å². The van der Waals surface area contributed by atoms with E-state index in [0.29, 0.717) is 0 Å². The number of carbonyl (C=O) groups excluding carboxylic acids is 3. The minimum Gasteiger partial charge on any atom is -0.507 e. The summed E-state index contributed by atoms with van der Waals surface area (Å²) in [5.74, 6) is -5.13. The molecule has 42 heavy (non-hydrogen) atoms. The minimum absolute atomic E-state index is 0.0459. The molecule has 0 aromatic heterocycles. The van der Waals surface area contributed by atoms with Crippen molar-refractivity contribution in [2.75, 3.05) is 7.11 Å². The molecule has 2 aromatic rings. The highest BCUT2D eigenvalue weighted by molar-refractivity contribution is 6.31. The molecular formula is C27H25F3N2O10. The molecule has 0 saturated carbocycles. The molecule has 3 aliphatic rings. The molecule has 2 aromatic carbocycles. The molecule has 0 spiro atoms. The van der Waals surface area contributed by atoms with Crippen molar-refractivity contribution in [3.8, 4) is 17.2 Å². The molecule has 1 heterocycles. The number of halogens is 3. The van der Waals surface area contributed by atoms with Crippen LogP contribution < -0.4 is 10.1 Å². The van der Waals surface area contributed by atoms with Gasteiger partial charge >= 0.3 is 12.1 Å². The molecule has 5 unspecified atom stereocenters. The van der Waals surface area contributed by atoms with E-state index in [0.717, 1.165) is 0 Å². The Kier molecular flexibility index (Phi) is 7.37. The maximum atomic E-state index is 13.6. The number of nitrogens with zero attached hydrogens (tertiary/aromatic N) is 1. The zero-order chi connectivity index (χ0) is 30.7. The van der Waals surface area contributed by atoms with Gasteiger partial charge in [-0.05, 0) is 13.0 Å². The lowest BCUT2D eigenvalue weighted by molar-refractivity contribution is -0.244. The van der Waals surface area contributed by atoms with Gasteiger partial charge in [-0.25, -0.2) is 0 Å². The van der Waals surface area contributed by atoms with E-state index in [-0.39, 0.29) is 46.6 Å². The zero-order valence-electron chi connectivity index (χ0n) is 22.1. The number of phenols is 2. The number of ether oxygens (including phenoxy) is 3. The van der Waals surface area contributed by atoms with Crippen LogP contribution in [0.25, 0.3) is 0 Å². The number of carbonyl (C=O) groups is 3. The standard InChI is InChI=1S/C27H25F3N2O10/c1-9-21(33)13(31-26(38)27(28,29)30)8-16(41-9)42-15-7-10(32-39)6-12-18(15)25(37)20-19(23(12)35)22(34)11-4-3-5-14(40-2)17(11)24(20)36/h3-5,9,13,15-16,21,33,35,37,39H,6-8H2,1-2H3,(H,31,38)/b32-10+. The second-order valence-corrected chi connectivity index (χ2v) is 10.1. The molecule has 1 aliphatic heterocycles. The van der Waals surface area contributed by atoms with Crippen molar-refractivity contribution < 1.29 is 62.3 Å². The van der Waals surface area contributed by atoms with Gasteiger partial charge in [0, 0.05) is 36.0 Å². The lowest BCUT2D eigenvalue weighted by atomic mass is 9.76. The Labute approximate surface area is 235 Å². The number of oxime groups is 1. The Balaban J connectivity index is 1.56. The fourth-order valence-electron chi connectivity index (χ4n) is 5.64. The Morgan fingerprint density at radius 2 is 1.81 bits per heavy atom. The summed E-state index contributed by atoms with van der Waals surface area (Å²) in [7, 11) is 1.29. The van der Waals surface area contributed by atoms with E-state index < -0.39 is 83.3 Å². The average molecular weight is 594 g/mol. The third-order valence-corrected chi connectivity index (χ3v) is 7.62. The topological polar surface area (TPSA) is 184 Å². The maximum Gasteiger partial charge on any atom is 0.471 e. The van der Waals surface area contributed by atoms with Gasteiger partial charge in [-0.2, -0.15) is 13.2 Å². The van der Waals surface area contributed by atoms with E-state index in [1.54, 1.807) is 5.32 Å². The van der Waals surface area contributed by atoms with Gasteiger partial charge in [0.1, 0.15) is 23.4 Å². The first-order valence-electron chi connectivity index (χ1n) is 12.7. The van der Waals surface area contributed by atoms with Crippen molar-refractivity contribution in [2.45, 2.75) is 63.0 Å². The monoisotopic (exact) mass is 594 g/mol. The summed E-state index contributed by atoms with van der Waals surface area (Å²) in [5, 5.41) is 47.5. The SMILES string of the molecule is COc1cccc2c1C(=O)c1c(O)c3c(c(O)c1C2=O)C/C(=N\O)CC3OC1CC(NC(=O)C(F)(F)F)C(O)C(C)O1. The number of nitrogens with one attached hydrogen (secondary N) is 1. The molecule has 12 nitrogen and oxygen atoms in total. The summed E-state index contributed by atoms with van der Waals surface area (Å²) in [6.45, 7) is 1.34. The highest BCUT2D eigenvalue weighted by atomic mass is 19.4. The molecule has 1 fully saturated rings. The van der Waals surface area contributed by atoms with Crippen molar-refractivity contribution in [1.82, 2.24) is 5.32 Å². The number of hydrogen-bond donors (Lipinski definition) is 5. The fraction of sp³-hybridized carbons (Fsp3) is 0.407. The van der Waals surface area contributed by atoms with Crippen LogP contribution in [-0.2, 0) is 20.7 Å². The van der Waals surface area contributed by atoms with Crippen LogP contribution in [0.5, 0.6) is 17.2 Å². The van der Waals surface area contributed by atoms with Crippen LogP contribution in [0.1, 0.15) is 68.8 Å². The van der Waals surface area contributed by atoms with Crippen LogP contribution in [0, 0.1) is 0 Å². The summed E-state index contributed by atoms with van der Waals surface area (Å²) in [4.78, 5) is 38.6. The van der Waals surface area contributed by atoms with Crippen LogP contribution in [0.4, 0.5) is 13.2 Å². The molecule has 0 radical (unpaired) electrons. The van der Waals surface area contributed by atoms with E-state index in [1.807, 2.05) is 0 Å². The Morgan fingerprint density at radius 3 is 2.45 bits per heavy atom. The molecule has 1 amide bonds. The number of amides is 1. The molecular weight excluding hydrogens is 569 g/mol. The zero-order valence-corrected chi connectivity index (χ0v) is 22.1. The van der Waals surface area contributed by atoms with Crippen molar-refractivity contribution in [3.63, 3.8) is 0 Å². The fourth-order valence-corrected chi connectivity index (χ4v) is 5.64. The predicted octanol–water partition coefficient (Wildman–Crippen LogP) is 2.26. The molecule has 224 valence electrons. The first-order valence-corrected chi connectivity index (χ1v) is 12.7. The lowest BCUT2D eigenvalue weighted by Gasteiger charge is -2.40. The summed E-state index contributed by atoms with van der Waals surface area (Å²) >= 11 is 0. The Bertz CT molecular complexity index is 1520. The summed E-state index contributed by atoms with van der Waals surface area (Å²) < 4.78 is 55.4. The van der Waals surface area contributed by atoms with E-state index in [2.05, 4.69) is 5.16 Å². The number of hydrogen-bond acceptors (Lipinski definition) is 11. The van der Waals surface area contributed by atoms with Gasteiger partial charge in [-0.1, -0.05) is 17.3 Å². The van der Waals surface area contributed by atoms with Gasteiger partial charge in [-0.3, -0.25) is 14.4 Å². The van der Waals surface area contributed by atoms with Crippen molar-refractivity contribution >= 4 is 23.2 Å². The quantitative estimate of drug-likeness (QED) is 0.171. The highest BCUT2D eigenvalue weighted by Crippen LogP contribution is 2.50. The molecule has 2 aliphatic carbocycles.